The highest BCUT2D eigenvalue weighted by atomic mass is 16.2. The molecule has 6 heteroatoms. The maximum atomic E-state index is 12.5. The lowest BCUT2D eigenvalue weighted by Gasteiger charge is -2.17. The summed E-state index contributed by atoms with van der Waals surface area (Å²) in [5.41, 5.74) is 3.91. The van der Waals surface area contributed by atoms with Gasteiger partial charge in [-0.25, -0.2) is 4.98 Å². The average molecular weight is 388 g/mol. The second kappa shape index (κ2) is 8.31. The number of carbonyl (C=O) groups is 2. The summed E-state index contributed by atoms with van der Waals surface area (Å²) in [6, 6.07) is 15.7. The number of nitrogens with zero attached hydrogens (tertiary/aromatic N) is 3. The number of amides is 2. The minimum absolute atomic E-state index is 0.0267. The Morgan fingerprint density at radius 1 is 1.10 bits per heavy atom. The second-order valence-corrected chi connectivity index (χ2v) is 7.34. The van der Waals surface area contributed by atoms with E-state index in [9.17, 15) is 9.59 Å². The van der Waals surface area contributed by atoms with Crippen LogP contribution in [0.5, 0.6) is 0 Å². The molecule has 0 spiro atoms. The van der Waals surface area contributed by atoms with Gasteiger partial charge in [-0.15, -0.1) is 0 Å². The number of hydrogen-bond donors (Lipinski definition) is 1. The SMILES string of the molecule is CC(NC(=O)Cc1ccc(N2CCCC2=O)cc1)c1ccc(-n2ccnc2)cc1. The van der Waals surface area contributed by atoms with E-state index in [1.807, 2.05) is 66.2 Å². The first-order valence-corrected chi connectivity index (χ1v) is 9.87. The lowest BCUT2D eigenvalue weighted by Crippen LogP contribution is -2.28. The largest absolute Gasteiger partial charge is 0.349 e. The van der Waals surface area contributed by atoms with Gasteiger partial charge in [0.1, 0.15) is 0 Å². The molecule has 0 aliphatic carbocycles. The first-order valence-electron chi connectivity index (χ1n) is 9.87. The highest BCUT2D eigenvalue weighted by molar-refractivity contribution is 5.95. The van der Waals surface area contributed by atoms with E-state index >= 15 is 0 Å². The number of aromatic nitrogens is 2. The van der Waals surface area contributed by atoms with E-state index in [0.29, 0.717) is 12.8 Å². The van der Waals surface area contributed by atoms with Crippen molar-refractivity contribution in [2.24, 2.45) is 0 Å². The fourth-order valence-corrected chi connectivity index (χ4v) is 3.62. The molecule has 0 radical (unpaired) electrons. The number of rotatable bonds is 6. The minimum Gasteiger partial charge on any atom is -0.349 e. The lowest BCUT2D eigenvalue weighted by molar-refractivity contribution is -0.121. The van der Waals surface area contributed by atoms with Gasteiger partial charge in [-0.3, -0.25) is 9.59 Å². The molecule has 3 aromatic rings. The Morgan fingerprint density at radius 2 is 1.83 bits per heavy atom. The molecule has 1 aliphatic heterocycles. The summed E-state index contributed by atoms with van der Waals surface area (Å²) < 4.78 is 1.94. The summed E-state index contributed by atoms with van der Waals surface area (Å²) in [6.07, 6.45) is 7.23. The molecule has 1 unspecified atom stereocenters. The van der Waals surface area contributed by atoms with Crippen LogP contribution in [0.1, 0.15) is 36.9 Å². The zero-order valence-electron chi connectivity index (χ0n) is 16.4. The maximum Gasteiger partial charge on any atom is 0.227 e. The fraction of sp³-hybridized carbons (Fsp3) is 0.261. The normalized spacial score (nSPS) is 14.8. The molecule has 6 nitrogen and oxygen atoms in total. The molecule has 148 valence electrons. The van der Waals surface area contributed by atoms with Crippen LogP contribution in [0.2, 0.25) is 0 Å². The fourth-order valence-electron chi connectivity index (χ4n) is 3.62. The molecule has 2 aromatic carbocycles. The van der Waals surface area contributed by atoms with Gasteiger partial charge in [-0.2, -0.15) is 0 Å². The Kier molecular flexibility index (Phi) is 5.42. The van der Waals surface area contributed by atoms with E-state index in [2.05, 4.69) is 10.3 Å². The molecule has 1 N–H and O–H groups in total. The van der Waals surface area contributed by atoms with Gasteiger partial charge in [0.25, 0.3) is 0 Å². The van der Waals surface area contributed by atoms with Crippen LogP contribution in [0.15, 0.2) is 67.3 Å². The Morgan fingerprint density at radius 3 is 2.45 bits per heavy atom. The van der Waals surface area contributed by atoms with Crippen molar-refractivity contribution in [2.75, 3.05) is 11.4 Å². The molecule has 0 bridgehead atoms. The first kappa shape index (κ1) is 18.9. The third kappa shape index (κ3) is 4.37. The Bertz CT molecular complexity index is 979. The summed E-state index contributed by atoms with van der Waals surface area (Å²) in [5, 5.41) is 3.05. The number of imidazole rings is 1. The predicted molar refractivity (Wildman–Crippen MR) is 112 cm³/mol. The van der Waals surface area contributed by atoms with Gasteiger partial charge in [-0.1, -0.05) is 24.3 Å². The second-order valence-electron chi connectivity index (χ2n) is 7.34. The molecule has 1 saturated heterocycles. The zero-order valence-corrected chi connectivity index (χ0v) is 16.4. The number of carbonyl (C=O) groups excluding carboxylic acids is 2. The number of anilines is 1. The van der Waals surface area contributed by atoms with Gasteiger partial charge in [-0.05, 0) is 48.7 Å². The van der Waals surface area contributed by atoms with E-state index in [-0.39, 0.29) is 17.9 Å². The van der Waals surface area contributed by atoms with Gasteiger partial charge in [0.15, 0.2) is 0 Å². The number of hydrogen-bond acceptors (Lipinski definition) is 3. The van der Waals surface area contributed by atoms with Gasteiger partial charge in [0, 0.05) is 36.7 Å². The minimum atomic E-state index is -0.0826. The molecule has 0 saturated carbocycles. The van der Waals surface area contributed by atoms with Gasteiger partial charge >= 0.3 is 0 Å². The highest BCUT2D eigenvalue weighted by Crippen LogP contribution is 2.22. The van der Waals surface area contributed by atoms with E-state index in [1.54, 1.807) is 17.4 Å². The van der Waals surface area contributed by atoms with Crippen LogP contribution in [-0.4, -0.2) is 27.9 Å². The highest BCUT2D eigenvalue weighted by Gasteiger charge is 2.21. The number of benzene rings is 2. The molecule has 1 atom stereocenters. The molecule has 29 heavy (non-hydrogen) atoms. The first-order chi connectivity index (χ1) is 14.1. The lowest BCUT2D eigenvalue weighted by atomic mass is 10.1. The summed E-state index contributed by atoms with van der Waals surface area (Å²) in [4.78, 5) is 30.2. The Balaban J connectivity index is 1.33. The van der Waals surface area contributed by atoms with Crippen molar-refractivity contribution in [2.45, 2.75) is 32.2 Å². The van der Waals surface area contributed by atoms with Crippen molar-refractivity contribution in [1.82, 2.24) is 14.9 Å². The van der Waals surface area contributed by atoms with Crippen molar-refractivity contribution < 1.29 is 9.59 Å². The van der Waals surface area contributed by atoms with E-state index in [4.69, 9.17) is 0 Å². The van der Waals surface area contributed by atoms with Crippen LogP contribution in [-0.2, 0) is 16.0 Å². The molecule has 1 aromatic heterocycles. The molecule has 2 amide bonds. The quantitative estimate of drug-likeness (QED) is 0.704. The van der Waals surface area contributed by atoms with Crippen LogP contribution >= 0.6 is 0 Å². The standard InChI is InChI=1S/C23H24N4O2/c1-17(19-6-10-20(11-7-19)26-14-12-24-16-26)25-22(28)15-18-4-8-21(9-5-18)27-13-2-3-23(27)29/h4-12,14,16-17H,2-3,13,15H2,1H3,(H,25,28). The summed E-state index contributed by atoms with van der Waals surface area (Å²) in [5.74, 6) is 0.143. The van der Waals surface area contributed by atoms with Crippen LogP contribution < -0.4 is 10.2 Å². The molecule has 2 heterocycles. The summed E-state index contributed by atoms with van der Waals surface area (Å²) in [6.45, 7) is 2.75. The van der Waals surface area contributed by atoms with E-state index in [1.165, 1.54) is 0 Å². The molecular formula is C23H24N4O2. The average Bonchev–Trinajstić information content (AvgIpc) is 3.41. The van der Waals surface area contributed by atoms with Crippen LogP contribution in [0.3, 0.4) is 0 Å². The van der Waals surface area contributed by atoms with Crippen molar-refractivity contribution in [3.63, 3.8) is 0 Å². The van der Waals surface area contributed by atoms with Crippen molar-refractivity contribution in [1.29, 1.82) is 0 Å². The van der Waals surface area contributed by atoms with E-state index < -0.39 is 0 Å². The third-order valence-electron chi connectivity index (χ3n) is 5.26. The molecular weight excluding hydrogens is 364 g/mol. The van der Waals surface area contributed by atoms with Crippen LogP contribution in [0.4, 0.5) is 5.69 Å². The van der Waals surface area contributed by atoms with Crippen LogP contribution in [0, 0.1) is 0 Å². The third-order valence-corrected chi connectivity index (χ3v) is 5.26. The Labute approximate surface area is 170 Å². The Hall–Kier alpha value is -3.41. The van der Waals surface area contributed by atoms with Crippen molar-refractivity contribution in [3.8, 4) is 5.69 Å². The van der Waals surface area contributed by atoms with Crippen LogP contribution in [0.25, 0.3) is 5.69 Å². The summed E-state index contributed by atoms with van der Waals surface area (Å²) >= 11 is 0. The molecule has 4 rings (SSSR count). The molecule has 1 aliphatic rings. The topological polar surface area (TPSA) is 67.2 Å². The van der Waals surface area contributed by atoms with E-state index in [0.717, 1.165) is 35.5 Å². The van der Waals surface area contributed by atoms with Gasteiger partial charge < -0.3 is 14.8 Å². The zero-order chi connectivity index (χ0) is 20.2. The van der Waals surface area contributed by atoms with Gasteiger partial charge in [0.05, 0.1) is 18.8 Å². The van der Waals surface area contributed by atoms with Gasteiger partial charge in [0.2, 0.25) is 11.8 Å². The maximum absolute atomic E-state index is 12.5. The van der Waals surface area contributed by atoms with Crippen molar-refractivity contribution in [3.05, 3.63) is 78.4 Å². The predicted octanol–water partition coefficient (Wildman–Crippen LogP) is 3.42. The van der Waals surface area contributed by atoms with Crippen molar-refractivity contribution >= 4 is 17.5 Å². The number of nitrogens with one attached hydrogen (secondary N) is 1. The monoisotopic (exact) mass is 388 g/mol. The summed E-state index contributed by atoms with van der Waals surface area (Å²) in [7, 11) is 0. The smallest absolute Gasteiger partial charge is 0.227 e. The molecule has 1 fully saturated rings.